The highest BCUT2D eigenvalue weighted by molar-refractivity contribution is 14.1. The van der Waals surface area contributed by atoms with Gasteiger partial charge in [0.25, 0.3) is 0 Å². The van der Waals surface area contributed by atoms with Crippen molar-refractivity contribution in [2.75, 3.05) is 5.73 Å². The zero-order valence-corrected chi connectivity index (χ0v) is 10.6. The fourth-order valence-electron chi connectivity index (χ4n) is 1.40. The zero-order valence-electron chi connectivity index (χ0n) is 7.67. The van der Waals surface area contributed by atoms with Crippen LogP contribution in [0.15, 0.2) is 11.4 Å². The Morgan fingerprint density at radius 3 is 3.00 bits per heavy atom. The second-order valence-corrected chi connectivity index (χ2v) is 4.99. The number of nitrogens with one attached hydrogen (secondary N) is 1. The molecular formula is C9H10IN3S. The van der Waals surface area contributed by atoms with E-state index in [4.69, 9.17) is 5.73 Å². The van der Waals surface area contributed by atoms with Crippen LogP contribution in [0.25, 0.3) is 10.6 Å². The molecule has 0 spiro atoms. The molecule has 0 aliphatic rings. The molecule has 0 atom stereocenters. The monoisotopic (exact) mass is 319 g/mol. The van der Waals surface area contributed by atoms with Gasteiger partial charge in [0.05, 0.1) is 10.6 Å². The Morgan fingerprint density at radius 1 is 1.64 bits per heavy atom. The summed E-state index contributed by atoms with van der Waals surface area (Å²) in [5.74, 6) is 0.617. The molecule has 14 heavy (non-hydrogen) atoms. The van der Waals surface area contributed by atoms with Crippen LogP contribution in [-0.2, 0) is 6.42 Å². The average Bonchev–Trinajstić information content (AvgIpc) is 2.71. The van der Waals surface area contributed by atoms with Crippen LogP contribution < -0.4 is 5.73 Å². The summed E-state index contributed by atoms with van der Waals surface area (Å²) in [7, 11) is 0. The molecule has 0 fully saturated rings. The molecule has 0 bridgehead atoms. The van der Waals surface area contributed by atoms with Crippen molar-refractivity contribution in [2.24, 2.45) is 0 Å². The first-order valence-corrected chi connectivity index (χ1v) is 6.26. The minimum Gasteiger partial charge on any atom is -0.382 e. The number of nitrogens with two attached hydrogens (primary N) is 1. The van der Waals surface area contributed by atoms with E-state index in [0.29, 0.717) is 5.82 Å². The Kier molecular flexibility index (Phi) is 2.78. The van der Waals surface area contributed by atoms with Gasteiger partial charge < -0.3 is 5.73 Å². The first-order chi connectivity index (χ1) is 6.74. The van der Waals surface area contributed by atoms with Crippen molar-refractivity contribution in [1.29, 1.82) is 0 Å². The van der Waals surface area contributed by atoms with Crippen LogP contribution >= 0.6 is 33.9 Å². The summed E-state index contributed by atoms with van der Waals surface area (Å²) in [6, 6.07) is 2.09. The summed E-state index contributed by atoms with van der Waals surface area (Å²) in [5.41, 5.74) is 7.96. The van der Waals surface area contributed by atoms with E-state index in [2.05, 4.69) is 51.2 Å². The zero-order chi connectivity index (χ0) is 10.1. The molecule has 0 aromatic carbocycles. The maximum atomic E-state index is 5.77. The molecule has 0 radical (unpaired) electrons. The predicted molar refractivity (Wildman–Crippen MR) is 68.4 cm³/mol. The minimum absolute atomic E-state index is 0.617. The fourth-order valence-corrected chi connectivity index (χ4v) is 3.28. The molecule has 5 heteroatoms. The molecule has 0 saturated carbocycles. The molecule has 2 aromatic rings. The van der Waals surface area contributed by atoms with Gasteiger partial charge in [-0.25, -0.2) is 0 Å². The molecule has 2 heterocycles. The highest BCUT2D eigenvalue weighted by Gasteiger charge is 2.13. The third kappa shape index (κ3) is 1.54. The van der Waals surface area contributed by atoms with Crippen LogP contribution in [0.1, 0.15) is 12.5 Å². The van der Waals surface area contributed by atoms with E-state index in [1.807, 2.05) is 0 Å². The summed E-state index contributed by atoms with van der Waals surface area (Å²) < 4.78 is 1.24. The Hall–Kier alpha value is -0.560. The number of hydrogen-bond acceptors (Lipinski definition) is 3. The molecule has 0 aliphatic heterocycles. The van der Waals surface area contributed by atoms with E-state index < -0.39 is 0 Å². The molecule has 2 aromatic heterocycles. The number of nitrogen functional groups attached to an aromatic ring is 1. The first-order valence-electron chi connectivity index (χ1n) is 4.30. The third-order valence-electron chi connectivity index (χ3n) is 2.10. The van der Waals surface area contributed by atoms with Crippen molar-refractivity contribution in [2.45, 2.75) is 13.3 Å². The SMILES string of the molecule is CCc1c(N)n[nH]c1-c1sccc1I. The molecule has 74 valence electrons. The van der Waals surface area contributed by atoms with Gasteiger partial charge in [-0.05, 0) is 40.5 Å². The topological polar surface area (TPSA) is 54.7 Å². The highest BCUT2D eigenvalue weighted by atomic mass is 127. The van der Waals surface area contributed by atoms with Crippen LogP contribution in [0, 0.1) is 3.57 Å². The number of thiophene rings is 1. The molecule has 0 amide bonds. The summed E-state index contributed by atoms with van der Waals surface area (Å²) in [6.07, 6.45) is 0.908. The number of nitrogens with zero attached hydrogens (tertiary/aromatic N) is 1. The first kappa shape index (κ1) is 9.97. The van der Waals surface area contributed by atoms with Crippen LogP contribution in [0.4, 0.5) is 5.82 Å². The maximum Gasteiger partial charge on any atom is 0.149 e. The van der Waals surface area contributed by atoms with Crippen molar-refractivity contribution < 1.29 is 0 Å². The summed E-state index contributed by atoms with van der Waals surface area (Å²) in [4.78, 5) is 1.23. The van der Waals surface area contributed by atoms with Gasteiger partial charge >= 0.3 is 0 Å². The van der Waals surface area contributed by atoms with Crippen molar-refractivity contribution in [1.82, 2.24) is 10.2 Å². The van der Waals surface area contributed by atoms with Crippen molar-refractivity contribution in [3.05, 3.63) is 20.6 Å². The predicted octanol–water partition coefficient (Wildman–Crippen LogP) is 2.89. The van der Waals surface area contributed by atoms with Crippen molar-refractivity contribution >= 4 is 39.7 Å². The average molecular weight is 319 g/mol. The van der Waals surface area contributed by atoms with Crippen LogP contribution in [0.3, 0.4) is 0 Å². The van der Waals surface area contributed by atoms with Gasteiger partial charge in [-0.2, -0.15) is 5.10 Å². The van der Waals surface area contributed by atoms with E-state index in [1.165, 1.54) is 8.45 Å². The molecule has 3 N–H and O–H groups in total. The normalized spacial score (nSPS) is 10.7. The van der Waals surface area contributed by atoms with Gasteiger partial charge in [-0.1, -0.05) is 6.92 Å². The Labute approximate surface area is 99.9 Å². The van der Waals surface area contributed by atoms with Gasteiger partial charge in [0.1, 0.15) is 5.82 Å². The lowest BCUT2D eigenvalue weighted by Crippen LogP contribution is -1.90. The lowest BCUT2D eigenvalue weighted by Gasteiger charge is -1.98. The molecular weight excluding hydrogens is 309 g/mol. The standard InChI is InChI=1S/C9H10IN3S/c1-2-5-7(12-13-9(5)11)8-6(10)3-4-14-8/h3-4H,2H2,1H3,(H3,11,12,13). The second kappa shape index (κ2) is 3.90. The van der Waals surface area contributed by atoms with Gasteiger partial charge in [-0.15, -0.1) is 11.3 Å². The van der Waals surface area contributed by atoms with Crippen molar-refractivity contribution in [3.8, 4) is 10.6 Å². The van der Waals surface area contributed by atoms with E-state index in [0.717, 1.165) is 17.7 Å². The minimum atomic E-state index is 0.617. The van der Waals surface area contributed by atoms with Gasteiger partial charge in [0.15, 0.2) is 0 Å². The number of anilines is 1. The van der Waals surface area contributed by atoms with Gasteiger partial charge in [-0.3, -0.25) is 5.10 Å². The largest absolute Gasteiger partial charge is 0.382 e. The molecule has 0 aliphatic carbocycles. The number of rotatable bonds is 2. The number of aromatic amines is 1. The highest BCUT2D eigenvalue weighted by Crippen LogP contribution is 2.33. The van der Waals surface area contributed by atoms with Crippen LogP contribution in [0.2, 0.25) is 0 Å². The smallest absolute Gasteiger partial charge is 0.149 e. The molecule has 2 rings (SSSR count). The lowest BCUT2D eigenvalue weighted by molar-refractivity contribution is 1.10. The van der Waals surface area contributed by atoms with E-state index in [9.17, 15) is 0 Å². The van der Waals surface area contributed by atoms with E-state index in [-0.39, 0.29) is 0 Å². The quantitative estimate of drug-likeness (QED) is 0.836. The third-order valence-corrected chi connectivity index (χ3v) is 4.29. The molecule has 3 nitrogen and oxygen atoms in total. The van der Waals surface area contributed by atoms with E-state index in [1.54, 1.807) is 11.3 Å². The number of aromatic nitrogens is 2. The number of halogens is 1. The number of H-pyrrole nitrogens is 1. The summed E-state index contributed by atoms with van der Waals surface area (Å²) in [5, 5.41) is 9.12. The van der Waals surface area contributed by atoms with Crippen LogP contribution in [0.5, 0.6) is 0 Å². The second-order valence-electron chi connectivity index (χ2n) is 2.91. The lowest BCUT2D eigenvalue weighted by atomic mass is 10.1. The Morgan fingerprint density at radius 2 is 2.43 bits per heavy atom. The van der Waals surface area contributed by atoms with Crippen molar-refractivity contribution in [3.63, 3.8) is 0 Å². The Balaban J connectivity index is 2.57. The maximum absolute atomic E-state index is 5.77. The Bertz CT molecular complexity index is 447. The number of hydrogen-bond donors (Lipinski definition) is 2. The van der Waals surface area contributed by atoms with Crippen LogP contribution in [-0.4, -0.2) is 10.2 Å². The summed E-state index contributed by atoms with van der Waals surface area (Å²) in [6.45, 7) is 2.09. The fraction of sp³-hybridized carbons (Fsp3) is 0.222. The molecule has 0 unspecified atom stereocenters. The van der Waals surface area contributed by atoms with Gasteiger partial charge in [0, 0.05) is 9.13 Å². The summed E-state index contributed by atoms with van der Waals surface area (Å²) >= 11 is 4.03. The molecule has 0 saturated heterocycles. The van der Waals surface area contributed by atoms with Gasteiger partial charge in [0.2, 0.25) is 0 Å². The van der Waals surface area contributed by atoms with E-state index >= 15 is 0 Å².